The van der Waals surface area contributed by atoms with E-state index in [2.05, 4.69) is 10.6 Å². The number of amides is 1. The second kappa shape index (κ2) is 6.65. The lowest BCUT2D eigenvalue weighted by atomic mass is 10.1. The molecule has 0 heterocycles. The molecular formula is C12H19N3O3S. The summed E-state index contributed by atoms with van der Waals surface area (Å²) in [6.07, 6.45) is 0. The van der Waals surface area contributed by atoms with E-state index in [1.54, 1.807) is 13.0 Å². The molecule has 0 fully saturated rings. The Bertz CT molecular complexity index is 543. The Kier molecular flexibility index (Phi) is 5.46. The summed E-state index contributed by atoms with van der Waals surface area (Å²) in [4.78, 5) is 11.8. The molecule has 6 nitrogen and oxygen atoms in total. The summed E-state index contributed by atoms with van der Waals surface area (Å²) in [5.74, 6) is -0.384. The van der Waals surface area contributed by atoms with Gasteiger partial charge in [-0.1, -0.05) is 19.9 Å². The molecule has 0 aliphatic rings. The fourth-order valence-corrected chi connectivity index (χ4v) is 2.03. The number of hydrogen-bond acceptors (Lipinski definition) is 4. The van der Waals surface area contributed by atoms with Gasteiger partial charge in [0.1, 0.15) is 0 Å². The minimum atomic E-state index is -3.76. The Morgan fingerprint density at radius 3 is 2.68 bits per heavy atom. The van der Waals surface area contributed by atoms with Crippen LogP contribution in [0.4, 0.5) is 5.69 Å². The van der Waals surface area contributed by atoms with E-state index in [0.717, 1.165) is 6.54 Å². The van der Waals surface area contributed by atoms with Gasteiger partial charge in [-0.05, 0) is 24.7 Å². The first kappa shape index (κ1) is 15.6. The molecule has 0 spiro atoms. The van der Waals surface area contributed by atoms with Crippen LogP contribution in [0.1, 0.15) is 13.8 Å². The number of hydrogen-bond donors (Lipinski definition) is 3. The standard InChI is InChI=1S/C12H19N3O3S/c1-3-14-8-9(2)12(16)15-10-5-4-6-11(7-10)19(13,17)18/h4-7,9,14H,3,8H2,1-2H3,(H,15,16)(H2,13,17,18). The summed E-state index contributed by atoms with van der Waals surface area (Å²) in [6, 6.07) is 5.87. The lowest BCUT2D eigenvalue weighted by Gasteiger charge is -2.12. The van der Waals surface area contributed by atoms with Gasteiger partial charge in [-0.3, -0.25) is 4.79 Å². The number of benzene rings is 1. The summed E-state index contributed by atoms with van der Waals surface area (Å²) < 4.78 is 22.4. The highest BCUT2D eigenvalue weighted by Gasteiger charge is 2.14. The number of sulfonamides is 1. The lowest BCUT2D eigenvalue weighted by molar-refractivity contribution is -0.119. The largest absolute Gasteiger partial charge is 0.326 e. The van der Waals surface area contributed by atoms with Gasteiger partial charge in [0.05, 0.1) is 4.90 Å². The highest BCUT2D eigenvalue weighted by molar-refractivity contribution is 7.89. The fourth-order valence-electron chi connectivity index (χ4n) is 1.47. The Hall–Kier alpha value is -1.44. The van der Waals surface area contributed by atoms with Crippen molar-refractivity contribution in [1.82, 2.24) is 5.32 Å². The number of carbonyl (C=O) groups excluding carboxylic acids is 1. The van der Waals surface area contributed by atoms with E-state index in [-0.39, 0.29) is 16.7 Å². The zero-order chi connectivity index (χ0) is 14.5. The zero-order valence-corrected chi connectivity index (χ0v) is 11.8. The van der Waals surface area contributed by atoms with Crippen LogP contribution in [0, 0.1) is 5.92 Å². The van der Waals surface area contributed by atoms with Gasteiger partial charge in [0.2, 0.25) is 15.9 Å². The minimum Gasteiger partial charge on any atom is -0.326 e. The molecule has 0 bridgehead atoms. The molecule has 7 heteroatoms. The van der Waals surface area contributed by atoms with Crippen molar-refractivity contribution in [3.8, 4) is 0 Å². The van der Waals surface area contributed by atoms with Crippen molar-refractivity contribution in [2.24, 2.45) is 11.1 Å². The number of rotatable bonds is 6. The Morgan fingerprint density at radius 1 is 1.42 bits per heavy atom. The predicted molar refractivity (Wildman–Crippen MR) is 74.2 cm³/mol. The monoisotopic (exact) mass is 285 g/mol. The molecule has 1 aromatic carbocycles. The molecule has 1 atom stereocenters. The SMILES string of the molecule is CCNCC(C)C(=O)Nc1cccc(S(N)(=O)=O)c1. The van der Waals surface area contributed by atoms with Gasteiger partial charge in [0, 0.05) is 18.2 Å². The maximum absolute atomic E-state index is 11.8. The maximum atomic E-state index is 11.8. The van der Waals surface area contributed by atoms with Crippen molar-refractivity contribution >= 4 is 21.6 Å². The van der Waals surface area contributed by atoms with Crippen LogP contribution in [-0.2, 0) is 14.8 Å². The van der Waals surface area contributed by atoms with Crippen LogP contribution >= 0.6 is 0 Å². The highest BCUT2D eigenvalue weighted by Crippen LogP contribution is 2.14. The molecule has 1 unspecified atom stereocenters. The first-order valence-electron chi connectivity index (χ1n) is 5.99. The van der Waals surface area contributed by atoms with Crippen LogP contribution in [0.3, 0.4) is 0 Å². The van der Waals surface area contributed by atoms with Crippen LogP contribution in [0.25, 0.3) is 0 Å². The third kappa shape index (κ3) is 4.98. The van der Waals surface area contributed by atoms with E-state index < -0.39 is 10.0 Å². The van der Waals surface area contributed by atoms with E-state index in [0.29, 0.717) is 12.2 Å². The van der Waals surface area contributed by atoms with Gasteiger partial charge in [-0.25, -0.2) is 13.6 Å². The van der Waals surface area contributed by atoms with Gasteiger partial charge >= 0.3 is 0 Å². The molecular weight excluding hydrogens is 266 g/mol. The predicted octanol–water partition coefficient (Wildman–Crippen LogP) is 0.518. The van der Waals surface area contributed by atoms with Crippen molar-refractivity contribution in [3.63, 3.8) is 0 Å². The molecule has 0 aliphatic carbocycles. The number of carbonyl (C=O) groups is 1. The molecule has 0 aliphatic heterocycles. The minimum absolute atomic E-state index is 0.0235. The number of nitrogens with two attached hydrogens (primary N) is 1. The molecule has 4 N–H and O–H groups in total. The summed E-state index contributed by atoms with van der Waals surface area (Å²) in [7, 11) is -3.76. The van der Waals surface area contributed by atoms with Crippen molar-refractivity contribution in [3.05, 3.63) is 24.3 Å². The second-order valence-corrected chi connectivity index (χ2v) is 5.83. The third-order valence-electron chi connectivity index (χ3n) is 2.58. The molecule has 0 saturated carbocycles. The smallest absolute Gasteiger partial charge is 0.238 e. The number of nitrogens with one attached hydrogen (secondary N) is 2. The van der Waals surface area contributed by atoms with Gasteiger partial charge < -0.3 is 10.6 Å². The Labute approximate surface area is 113 Å². The first-order valence-corrected chi connectivity index (χ1v) is 7.53. The van der Waals surface area contributed by atoms with Crippen molar-refractivity contribution in [2.45, 2.75) is 18.7 Å². The van der Waals surface area contributed by atoms with Crippen LogP contribution in [-0.4, -0.2) is 27.4 Å². The molecule has 0 radical (unpaired) electrons. The first-order chi connectivity index (χ1) is 8.84. The molecule has 0 aromatic heterocycles. The van der Waals surface area contributed by atoms with E-state index in [1.807, 2.05) is 6.92 Å². The van der Waals surface area contributed by atoms with Gasteiger partial charge in [-0.2, -0.15) is 0 Å². The van der Waals surface area contributed by atoms with Crippen molar-refractivity contribution in [1.29, 1.82) is 0 Å². The normalized spacial score (nSPS) is 13.0. The van der Waals surface area contributed by atoms with Crippen molar-refractivity contribution in [2.75, 3.05) is 18.4 Å². The number of anilines is 1. The number of primary sulfonamides is 1. The van der Waals surface area contributed by atoms with Gasteiger partial charge in [0.25, 0.3) is 0 Å². The van der Waals surface area contributed by atoms with E-state index >= 15 is 0 Å². The van der Waals surface area contributed by atoms with Crippen LogP contribution < -0.4 is 15.8 Å². The summed E-state index contributed by atoms with van der Waals surface area (Å²) in [5, 5.41) is 10.8. The Balaban J connectivity index is 2.75. The molecule has 1 rings (SSSR count). The highest BCUT2D eigenvalue weighted by atomic mass is 32.2. The molecule has 1 aromatic rings. The fraction of sp³-hybridized carbons (Fsp3) is 0.417. The molecule has 106 valence electrons. The van der Waals surface area contributed by atoms with E-state index in [1.165, 1.54) is 18.2 Å². The average Bonchev–Trinajstić information content (AvgIpc) is 2.35. The second-order valence-electron chi connectivity index (χ2n) is 4.27. The van der Waals surface area contributed by atoms with Gasteiger partial charge in [-0.15, -0.1) is 0 Å². The molecule has 19 heavy (non-hydrogen) atoms. The lowest BCUT2D eigenvalue weighted by Crippen LogP contribution is -2.30. The molecule has 0 saturated heterocycles. The van der Waals surface area contributed by atoms with E-state index in [9.17, 15) is 13.2 Å². The molecule has 1 amide bonds. The maximum Gasteiger partial charge on any atom is 0.238 e. The average molecular weight is 285 g/mol. The summed E-state index contributed by atoms with van der Waals surface area (Å²) >= 11 is 0. The van der Waals surface area contributed by atoms with Crippen molar-refractivity contribution < 1.29 is 13.2 Å². The third-order valence-corrected chi connectivity index (χ3v) is 3.49. The van der Waals surface area contributed by atoms with E-state index in [4.69, 9.17) is 5.14 Å². The summed E-state index contributed by atoms with van der Waals surface area (Å²) in [6.45, 7) is 5.11. The quantitative estimate of drug-likeness (QED) is 0.709. The van der Waals surface area contributed by atoms with Crippen LogP contribution in [0.5, 0.6) is 0 Å². The zero-order valence-electron chi connectivity index (χ0n) is 11.0. The van der Waals surface area contributed by atoms with Gasteiger partial charge in [0.15, 0.2) is 0 Å². The topological polar surface area (TPSA) is 101 Å². The van der Waals surface area contributed by atoms with Crippen LogP contribution in [0.2, 0.25) is 0 Å². The summed E-state index contributed by atoms with van der Waals surface area (Å²) in [5.41, 5.74) is 0.417. The van der Waals surface area contributed by atoms with Crippen LogP contribution in [0.15, 0.2) is 29.2 Å². The Morgan fingerprint density at radius 2 is 2.11 bits per heavy atom.